The van der Waals surface area contributed by atoms with Gasteiger partial charge >= 0.3 is 0 Å². The molecule has 0 fully saturated rings. The predicted molar refractivity (Wildman–Crippen MR) is 36.2 cm³/mol. The van der Waals surface area contributed by atoms with Crippen LogP contribution in [-0.2, 0) is 0 Å². The molecular weight excluding hydrogens is 100 g/mol. The topological polar surface area (TPSA) is 52.0 Å². The van der Waals surface area contributed by atoms with Gasteiger partial charge in [0.2, 0.25) is 0 Å². The Hall–Kier alpha value is -0.500. The Labute approximate surface area is 50.6 Å². The Balaban J connectivity index is 3.62. The molecule has 2 nitrogen and oxygen atoms in total. The van der Waals surface area contributed by atoms with E-state index in [0.29, 0.717) is 6.54 Å². The SMILES string of the molecule is CC(C)=C(N)CCN. The number of hydrogen-bond acceptors (Lipinski definition) is 2. The van der Waals surface area contributed by atoms with Crippen LogP contribution < -0.4 is 11.5 Å². The van der Waals surface area contributed by atoms with Crippen LogP contribution in [-0.4, -0.2) is 6.54 Å². The number of nitrogens with two attached hydrogens (primary N) is 2. The van der Waals surface area contributed by atoms with Crippen LogP contribution in [0.4, 0.5) is 0 Å². The van der Waals surface area contributed by atoms with Crippen molar-refractivity contribution in [1.82, 2.24) is 0 Å². The van der Waals surface area contributed by atoms with Crippen LogP contribution in [0.5, 0.6) is 0 Å². The van der Waals surface area contributed by atoms with E-state index in [0.717, 1.165) is 12.1 Å². The Kier molecular flexibility index (Phi) is 3.28. The molecule has 0 bridgehead atoms. The normalized spacial score (nSPS) is 8.88. The zero-order valence-corrected chi connectivity index (χ0v) is 5.57. The molecule has 0 saturated heterocycles. The molecule has 0 rings (SSSR count). The summed E-state index contributed by atoms with van der Waals surface area (Å²) in [6, 6.07) is 0. The predicted octanol–water partition coefficient (Wildman–Crippen LogP) is 0.588. The molecule has 2 heteroatoms. The van der Waals surface area contributed by atoms with Crippen molar-refractivity contribution in [3.05, 3.63) is 11.3 Å². The number of hydrogen-bond donors (Lipinski definition) is 2. The maximum Gasteiger partial charge on any atom is 0.00794 e. The summed E-state index contributed by atoms with van der Waals surface area (Å²) in [5, 5.41) is 0. The van der Waals surface area contributed by atoms with Crippen LogP contribution in [0.25, 0.3) is 0 Å². The first kappa shape index (κ1) is 7.50. The van der Waals surface area contributed by atoms with Crippen LogP contribution in [0, 0.1) is 0 Å². The zero-order valence-electron chi connectivity index (χ0n) is 5.57. The van der Waals surface area contributed by atoms with Gasteiger partial charge in [-0.25, -0.2) is 0 Å². The molecule has 0 unspecified atom stereocenters. The molecule has 0 spiro atoms. The average Bonchev–Trinajstić information content (AvgIpc) is 1.67. The summed E-state index contributed by atoms with van der Waals surface area (Å²) >= 11 is 0. The maximum absolute atomic E-state index is 5.53. The highest BCUT2D eigenvalue weighted by Gasteiger charge is 1.87. The van der Waals surface area contributed by atoms with Crippen molar-refractivity contribution in [2.45, 2.75) is 20.3 Å². The van der Waals surface area contributed by atoms with E-state index in [1.807, 2.05) is 13.8 Å². The first-order chi connectivity index (χ1) is 3.68. The average molecular weight is 114 g/mol. The van der Waals surface area contributed by atoms with Crippen LogP contribution in [0.15, 0.2) is 11.3 Å². The second-order valence-electron chi connectivity index (χ2n) is 2.06. The van der Waals surface area contributed by atoms with E-state index in [2.05, 4.69) is 0 Å². The second-order valence-corrected chi connectivity index (χ2v) is 2.06. The van der Waals surface area contributed by atoms with E-state index in [9.17, 15) is 0 Å². The van der Waals surface area contributed by atoms with E-state index in [1.165, 1.54) is 5.57 Å². The van der Waals surface area contributed by atoms with Crippen molar-refractivity contribution in [1.29, 1.82) is 0 Å². The number of allylic oxidation sites excluding steroid dienone is 1. The Bertz CT molecular complexity index is 90.7. The second kappa shape index (κ2) is 3.50. The van der Waals surface area contributed by atoms with Gasteiger partial charge in [0, 0.05) is 5.70 Å². The monoisotopic (exact) mass is 114 g/mol. The highest BCUT2D eigenvalue weighted by Crippen LogP contribution is 1.97. The molecule has 0 atom stereocenters. The third-order valence-corrected chi connectivity index (χ3v) is 1.06. The molecule has 4 N–H and O–H groups in total. The fraction of sp³-hybridized carbons (Fsp3) is 0.667. The van der Waals surface area contributed by atoms with E-state index in [1.54, 1.807) is 0 Å². The largest absolute Gasteiger partial charge is 0.402 e. The van der Waals surface area contributed by atoms with Crippen molar-refractivity contribution < 1.29 is 0 Å². The van der Waals surface area contributed by atoms with Gasteiger partial charge < -0.3 is 11.5 Å². The molecule has 0 aliphatic rings. The van der Waals surface area contributed by atoms with Gasteiger partial charge in [-0.2, -0.15) is 0 Å². The van der Waals surface area contributed by atoms with Crippen molar-refractivity contribution in [3.8, 4) is 0 Å². The lowest BCUT2D eigenvalue weighted by atomic mass is 10.2. The fourth-order valence-electron chi connectivity index (χ4n) is 0.406. The molecule has 0 aromatic carbocycles. The van der Waals surface area contributed by atoms with Crippen molar-refractivity contribution in [2.24, 2.45) is 11.5 Å². The minimum Gasteiger partial charge on any atom is -0.402 e. The van der Waals surface area contributed by atoms with E-state index >= 15 is 0 Å². The minimum absolute atomic E-state index is 0.650. The third-order valence-electron chi connectivity index (χ3n) is 1.06. The lowest BCUT2D eigenvalue weighted by Crippen LogP contribution is -2.07. The summed E-state index contributed by atoms with van der Waals surface area (Å²) < 4.78 is 0. The summed E-state index contributed by atoms with van der Waals surface area (Å²) in [5.74, 6) is 0. The van der Waals surface area contributed by atoms with Crippen LogP contribution >= 0.6 is 0 Å². The summed E-state index contributed by atoms with van der Waals surface area (Å²) in [6.07, 6.45) is 0.822. The van der Waals surface area contributed by atoms with Gasteiger partial charge in [-0.05, 0) is 26.8 Å². The van der Waals surface area contributed by atoms with Crippen molar-refractivity contribution in [2.75, 3.05) is 6.54 Å². The number of rotatable bonds is 2. The van der Waals surface area contributed by atoms with Gasteiger partial charge in [0.25, 0.3) is 0 Å². The van der Waals surface area contributed by atoms with Crippen LogP contribution in [0.1, 0.15) is 20.3 Å². The van der Waals surface area contributed by atoms with Crippen molar-refractivity contribution >= 4 is 0 Å². The van der Waals surface area contributed by atoms with E-state index in [4.69, 9.17) is 11.5 Å². The molecule has 0 aromatic rings. The van der Waals surface area contributed by atoms with Gasteiger partial charge in [0.1, 0.15) is 0 Å². The minimum atomic E-state index is 0.650. The molecule has 0 heterocycles. The molecule has 0 amide bonds. The Morgan fingerprint density at radius 1 is 1.38 bits per heavy atom. The maximum atomic E-state index is 5.53. The van der Waals surface area contributed by atoms with Gasteiger partial charge in [-0.3, -0.25) is 0 Å². The zero-order chi connectivity index (χ0) is 6.57. The Morgan fingerprint density at radius 3 is 2.00 bits per heavy atom. The molecule has 0 radical (unpaired) electrons. The molecule has 0 aromatic heterocycles. The quantitative estimate of drug-likeness (QED) is 0.552. The van der Waals surface area contributed by atoms with Crippen LogP contribution in [0.3, 0.4) is 0 Å². The standard InChI is InChI=1S/C6H14N2/c1-5(2)6(8)3-4-7/h3-4,7-8H2,1-2H3. The summed E-state index contributed by atoms with van der Waals surface area (Å²) in [5.41, 5.74) is 12.9. The molecule has 0 aliphatic carbocycles. The first-order valence-electron chi connectivity index (χ1n) is 2.80. The Morgan fingerprint density at radius 2 is 1.88 bits per heavy atom. The third kappa shape index (κ3) is 2.64. The fourth-order valence-corrected chi connectivity index (χ4v) is 0.406. The summed E-state index contributed by atoms with van der Waals surface area (Å²) in [6.45, 7) is 4.63. The van der Waals surface area contributed by atoms with Gasteiger partial charge in [-0.15, -0.1) is 0 Å². The van der Waals surface area contributed by atoms with Gasteiger partial charge in [0.05, 0.1) is 0 Å². The highest BCUT2D eigenvalue weighted by molar-refractivity contribution is 5.04. The molecular formula is C6H14N2. The van der Waals surface area contributed by atoms with Crippen molar-refractivity contribution in [3.63, 3.8) is 0 Å². The van der Waals surface area contributed by atoms with Crippen LogP contribution in [0.2, 0.25) is 0 Å². The molecule has 0 aliphatic heterocycles. The summed E-state index contributed by atoms with van der Waals surface area (Å²) in [7, 11) is 0. The molecule has 0 saturated carbocycles. The molecule has 8 heavy (non-hydrogen) atoms. The van der Waals surface area contributed by atoms with E-state index in [-0.39, 0.29) is 0 Å². The smallest absolute Gasteiger partial charge is 0.00794 e. The van der Waals surface area contributed by atoms with Gasteiger partial charge in [0.15, 0.2) is 0 Å². The lowest BCUT2D eigenvalue weighted by molar-refractivity contribution is 0.916. The first-order valence-corrected chi connectivity index (χ1v) is 2.80. The highest BCUT2D eigenvalue weighted by atomic mass is 14.6. The lowest BCUT2D eigenvalue weighted by Gasteiger charge is -1.98. The van der Waals surface area contributed by atoms with E-state index < -0.39 is 0 Å². The summed E-state index contributed by atoms with van der Waals surface area (Å²) in [4.78, 5) is 0. The van der Waals surface area contributed by atoms with Gasteiger partial charge in [-0.1, -0.05) is 5.57 Å². The molecule has 48 valence electrons.